The Bertz CT molecular complexity index is 325. The quantitative estimate of drug-likeness (QED) is 0.824. The monoisotopic (exact) mass is 211 g/mol. The van der Waals surface area contributed by atoms with Gasteiger partial charge in [-0.3, -0.25) is 0 Å². The number of benzene rings is 1. The summed E-state index contributed by atoms with van der Waals surface area (Å²) in [4.78, 5) is 2.01. The van der Waals surface area contributed by atoms with Gasteiger partial charge in [0.1, 0.15) is 5.82 Å². The van der Waals surface area contributed by atoms with E-state index in [0.29, 0.717) is 12.0 Å². The van der Waals surface area contributed by atoms with E-state index in [2.05, 4.69) is 0 Å². The first-order chi connectivity index (χ1) is 7.00. The molecule has 0 radical (unpaired) electrons. The van der Waals surface area contributed by atoms with E-state index in [1.807, 2.05) is 19.0 Å². The molecule has 0 bridgehead atoms. The molecule has 84 valence electrons. The van der Waals surface area contributed by atoms with Crippen LogP contribution in [0.5, 0.6) is 0 Å². The summed E-state index contributed by atoms with van der Waals surface area (Å²) in [6.07, 6.45) is 0.157. The molecule has 15 heavy (non-hydrogen) atoms. The third kappa shape index (κ3) is 3.61. The molecule has 0 amide bonds. The maximum Gasteiger partial charge on any atom is 0.126 e. The predicted octanol–water partition coefficient (Wildman–Crippen LogP) is 2.12. The lowest BCUT2D eigenvalue weighted by Gasteiger charge is -2.15. The highest BCUT2D eigenvalue weighted by atomic mass is 19.1. The third-order valence-corrected chi connectivity index (χ3v) is 2.42. The Morgan fingerprint density at radius 3 is 2.60 bits per heavy atom. The Hall–Kier alpha value is -0.930. The van der Waals surface area contributed by atoms with E-state index in [1.54, 1.807) is 19.1 Å². The molecule has 1 aromatic carbocycles. The van der Waals surface area contributed by atoms with Crippen LogP contribution in [0.1, 0.15) is 23.7 Å². The number of hydrogen-bond acceptors (Lipinski definition) is 2. The molecule has 0 spiro atoms. The molecule has 3 heteroatoms. The summed E-state index contributed by atoms with van der Waals surface area (Å²) in [6, 6.07) is 4.75. The van der Waals surface area contributed by atoms with E-state index in [-0.39, 0.29) is 5.82 Å². The lowest BCUT2D eigenvalue weighted by molar-refractivity contribution is 0.154. The van der Waals surface area contributed by atoms with Crippen molar-refractivity contribution in [3.63, 3.8) is 0 Å². The van der Waals surface area contributed by atoms with Gasteiger partial charge in [-0.25, -0.2) is 4.39 Å². The van der Waals surface area contributed by atoms with E-state index in [0.717, 1.165) is 12.1 Å². The molecule has 2 nitrogen and oxygen atoms in total. The van der Waals surface area contributed by atoms with Crippen molar-refractivity contribution in [2.75, 3.05) is 20.6 Å². The van der Waals surface area contributed by atoms with Gasteiger partial charge >= 0.3 is 0 Å². The van der Waals surface area contributed by atoms with Crippen molar-refractivity contribution in [1.82, 2.24) is 4.90 Å². The lowest BCUT2D eigenvalue weighted by atomic mass is 10.0. The Kier molecular flexibility index (Phi) is 4.24. The van der Waals surface area contributed by atoms with Crippen molar-refractivity contribution in [3.05, 3.63) is 35.1 Å². The molecule has 0 saturated carbocycles. The van der Waals surface area contributed by atoms with Crippen molar-refractivity contribution in [2.24, 2.45) is 0 Å². The minimum atomic E-state index is -0.508. The minimum Gasteiger partial charge on any atom is -0.388 e. The number of rotatable bonds is 4. The first-order valence-corrected chi connectivity index (χ1v) is 5.09. The fraction of sp³-hybridized carbons (Fsp3) is 0.500. The Morgan fingerprint density at radius 2 is 2.07 bits per heavy atom. The molecule has 0 aromatic heterocycles. The van der Waals surface area contributed by atoms with E-state index in [1.165, 1.54) is 6.07 Å². The van der Waals surface area contributed by atoms with Crippen LogP contribution in [0.4, 0.5) is 4.39 Å². The SMILES string of the molecule is Cc1cc(C(O)CCN(C)C)ccc1F. The van der Waals surface area contributed by atoms with E-state index in [9.17, 15) is 9.50 Å². The van der Waals surface area contributed by atoms with E-state index in [4.69, 9.17) is 0 Å². The van der Waals surface area contributed by atoms with Crippen molar-refractivity contribution >= 4 is 0 Å². The molecule has 0 aliphatic rings. The van der Waals surface area contributed by atoms with Crippen molar-refractivity contribution in [3.8, 4) is 0 Å². The van der Waals surface area contributed by atoms with Gasteiger partial charge in [-0.1, -0.05) is 12.1 Å². The first-order valence-electron chi connectivity index (χ1n) is 5.09. The molecular weight excluding hydrogens is 193 g/mol. The van der Waals surface area contributed by atoms with Crippen LogP contribution in [0.2, 0.25) is 0 Å². The fourth-order valence-electron chi connectivity index (χ4n) is 1.42. The van der Waals surface area contributed by atoms with Crippen molar-refractivity contribution < 1.29 is 9.50 Å². The van der Waals surface area contributed by atoms with Crippen molar-refractivity contribution in [2.45, 2.75) is 19.4 Å². The molecule has 1 rings (SSSR count). The zero-order chi connectivity index (χ0) is 11.4. The third-order valence-electron chi connectivity index (χ3n) is 2.42. The molecule has 0 aliphatic heterocycles. The summed E-state index contributed by atoms with van der Waals surface area (Å²) in [7, 11) is 3.92. The van der Waals surface area contributed by atoms with Gasteiger partial charge in [0.25, 0.3) is 0 Å². The zero-order valence-electron chi connectivity index (χ0n) is 9.50. The average Bonchev–Trinajstić information content (AvgIpc) is 2.18. The molecular formula is C12H18FNO. The molecule has 0 fully saturated rings. The molecule has 0 aliphatic carbocycles. The number of aryl methyl sites for hydroxylation is 1. The van der Waals surface area contributed by atoms with Gasteiger partial charge in [-0.2, -0.15) is 0 Å². The number of hydrogen-bond donors (Lipinski definition) is 1. The van der Waals surface area contributed by atoms with Gasteiger partial charge in [0.15, 0.2) is 0 Å². The van der Waals surface area contributed by atoms with Crippen LogP contribution in [0.15, 0.2) is 18.2 Å². The standard InChI is InChI=1S/C12H18FNO/c1-9-8-10(4-5-11(9)13)12(15)6-7-14(2)3/h4-5,8,12,15H,6-7H2,1-3H3. The topological polar surface area (TPSA) is 23.5 Å². The number of aliphatic hydroxyl groups excluding tert-OH is 1. The van der Waals surface area contributed by atoms with Crippen LogP contribution >= 0.6 is 0 Å². The minimum absolute atomic E-state index is 0.224. The fourth-order valence-corrected chi connectivity index (χ4v) is 1.42. The van der Waals surface area contributed by atoms with Crippen LogP contribution in [-0.4, -0.2) is 30.6 Å². The summed E-state index contributed by atoms with van der Waals surface area (Å²) < 4.78 is 13.0. The Balaban J connectivity index is 2.65. The zero-order valence-corrected chi connectivity index (χ0v) is 9.50. The normalized spacial score (nSPS) is 13.2. The highest BCUT2D eigenvalue weighted by Gasteiger charge is 2.09. The second-order valence-electron chi connectivity index (χ2n) is 4.12. The first kappa shape index (κ1) is 12.1. The number of aliphatic hydroxyl groups is 1. The van der Waals surface area contributed by atoms with Gasteiger partial charge in [-0.05, 0) is 44.6 Å². The molecule has 1 N–H and O–H groups in total. The Morgan fingerprint density at radius 1 is 1.40 bits per heavy atom. The largest absolute Gasteiger partial charge is 0.388 e. The van der Waals surface area contributed by atoms with Gasteiger partial charge in [0.05, 0.1) is 6.10 Å². The number of nitrogens with zero attached hydrogens (tertiary/aromatic N) is 1. The predicted molar refractivity (Wildman–Crippen MR) is 59.3 cm³/mol. The second-order valence-corrected chi connectivity index (χ2v) is 4.12. The molecule has 1 aromatic rings. The molecule has 1 unspecified atom stereocenters. The molecule has 0 heterocycles. The molecule has 1 atom stereocenters. The van der Waals surface area contributed by atoms with Gasteiger partial charge in [-0.15, -0.1) is 0 Å². The van der Waals surface area contributed by atoms with Crippen LogP contribution in [-0.2, 0) is 0 Å². The summed E-state index contributed by atoms with van der Waals surface area (Å²) in [6.45, 7) is 2.52. The number of halogens is 1. The molecule has 0 saturated heterocycles. The lowest BCUT2D eigenvalue weighted by Crippen LogP contribution is -2.15. The maximum atomic E-state index is 13.0. The van der Waals surface area contributed by atoms with Gasteiger partial charge in [0.2, 0.25) is 0 Å². The smallest absolute Gasteiger partial charge is 0.126 e. The van der Waals surface area contributed by atoms with Crippen LogP contribution in [0.25, 0.3) is 0 Å². The highest BCUT2D eigenvalue weighted by Crippen LogP contribution is 2.19. The van der Waals surface area contributed by atoms with E-state index < -0.39 is 6.10 Å². The van der Waals surface area contributed by atoms with Crippen LogP contribution in [0, 0.1) is 12.7 Å². The van der Waals surface area contributed by atoms with Gasteiger partial charge in [0, 0.05) is 6.54 Å². The summed E-state index contributed by atoms with van der Waals surface area (Å²) >= 11 is 0. The maximum absolute atomic E-state index is 13.0. The van der Waals surface area contributed by atoms with Gasteiger partial charge < -0.3 is 10.0 Å². The summed E-state index contributed by atoms with van der Waals surface area (Å²) in [5, 5.41) is 9.84. The van der Waals surface area contributed by atoms with Crippen LogP contribution in [0.3, 0.4) is 0 Å². The summed E-state index contributed by atoms with van der Waals surface area (Å²) in [5.74, 6) is -0.224. The Labute approximate surface area is 90.3 Å². The average molecular weight is 211 g/mol. The highest BCUT2D eigenvalue weighted by molar-refractivity contribution is 5.25. The second kappa shape index (κ2) is 5.24. The van der Waals surface area contributed by atoms with E-state index >= 15 is 0 Å². The summed E-state index contributed by atoms with van der Waals surface area (Å²) in [5.41, 5.74) is 1.37. The van der Waals surface area contributed by atoms with Crippen molar-refractivity contribution in [1.29, 1.82) is 0 Å². The van der Waals surface area contributed by atoms with Crippen LogP contribution < -0.4 is 0 Å².